The minimum atomic E-state index is 0.475. The van der Waals surface area contributed by atoms with Gasteiger partial charge in [0.05, 0.1) is 11.6 Å². The maximum atomic E-state index is 6.16. The van der Waals surface area contributed by atoms with Gasteiger partial charge >= 0.3 is 0 Å². The molecule has 0 bridgehead atoms. The van der Waals surface area contributed by atoms with Crippen LogP contribution in [0.4, 0.5) is 5.82 Å². The van der Waals surface area contributed by atoms with Gasteiger partial charge in [0.15, 0.2) is 5.82 Å². The molecular formula is C15H23ClN4. The first kappa shape index (κ1) is 15.1. The number of hydrogen-bond acceptors (Lipinski definition) is 3. The Labute approximate surface area is 126 Å². The molecule has 2 aromatic heterocycles. The number of nitrogens with zero attached hydrogens (tertiary/aromatic N) is 4. The molecule has 0 N–H and O–H groups in total. The first-order chi connectivity index (χ1) is 9.67. The summed E-state index contributed by atoms with van der Waals surface area (Å²) < 4.78 is 2.08. The lowest BCUT2D eigenvalue weighted by Gasteiger charge is -2.24. The van der Waals surface area contributed by atoms with Gasteiger partial charge in [0, 0.05) is 25.8 Å². The van der Waals surface area contributed by atoms with Crippen LogP contribution in [0.25, 0.3) is 5.65 Å². The Bertz CT molecular complexity index is 550. The second-order valence-electron chi connectivity index (χ2n) is 5.23. The number of likely N-dealkylation sites (N-methyl/N-ethyl adjacent to an activating group) is 1. The lowest BCUT2D eigenvalue weighted by Crippen LogP contribution is -2.33. The maximum absolute atomic E-state index is 6.16. The van der Waals surface area contributed by atoms with Crippen molar-refractivity contribution >= 4 is 23.1 Å². The number of halogens is 1. The van der Waals surface area contributed by atoms with Crippen LogP contribution in [-0.4, -0.2) is 48.0 Å². The average Bonchev–Trinajstić information content (AvgIpc) is 2.81. The van der Waals surface area contributed by atoms with Gasteiger partial charge in [-0.3, -0.25) is 0 Å². The molecular weight excluding hydrogens is 272 g/mol. The molecule has 0 amide bonds. The Morgan fingerprint density at radius 2 is 2.00 bits per heavy atom. The van der Waals surface area contributed by atoms with Crippen LogP contribution in [0.3, 0.4) is 0 Å². The highest BCUT2D eigenvalue weighted by molar-refractivity contribution is 6.17. The molecule has 0 atom stereocenters. The highest BCUT2D eigenvalue weighted by Gasteiger charge is 2.17. The fraction of sp³-hybridized carbons (Fsp3) is 0.533. The van der Waals surface area contributed by atoms with E-state index in [4.69, 9.17) is 16.6 Å². The van der Waals surface area contributed by atoms with E-state index in [-0.39, 0.29) is 0 Å². The van der Waals surface area contributed by atoms with Crippen molar-refractivity contribution in [2.24, 2.45) is 0 Å². The van der Waals surface area contributed by atoms with E-state index >= 15 is 0 Å². The minimum absolute atomic E-state index is 0.475. The van der Waals surface area contributed by atoms with Crippen molar-refractivity contribution in [1.29, 1.82) is 0 Å². The first-order valence-electron chi connectivity index (χ1n) is 7.09. The Hall–Kier alpha value is -1.26. The monoisotopic (exact) mass is 294 g/mol. The molecule has 0 spiro atoms. The number of aromatic nitrogens is 2. The van der Waals surface area contributed by atoms with Crippen molar-refractivity contribution < 1.29 is 0 Å². The van der Waals surface area contributed by atoms with Crippen molar-refractivity contribution in [1.82, 2.24) is 14.3 Å². The maximum Gasteiger partial charge on any atom is 0.152 e. The Balaban J connectivity index is 2.36. The van der Waals surface area contributed by atoms with E-state index in [0.717, 1.165) is 43.2 Å². The number of imidazole rings is 1. The van der Waals surface area contributed by atoms with Crippen LogP contribution in [0, 0.1) is 0 Å². The van der Waals surface area contributed by atoms with Crippen LogP contribution >= 0.6 is 11.6 Å². The van der Waals surface area contributed by atoms with Crippen LogP contribution in [0.5, 0.6) is 0 Å². The number of anilines is 1. The zero-order valence-electron chi connectivity index (χ0n) is 12.5. The van der Waals surface area contributed by atoms with E-state index in [9.17, 15) is 0 Å². The van der Waals surface area contributed by atoms with Gasteiger partial charge < -0.3 is 14.2 Å². The molecule has 0 aromatic carbocycles. The fourth-order valence-corrected chi connectivity index (χ4v) is 2.57. The Morgan fingerprint density at radius 3 is 2.65 bits per heavy atom. The van der Waals surface area contributed by atoms with Crippen LogP contribution < -0.4 is 4.90 Å². The molecule has 5 heteroatoms. The van der Waals surface area contributed by atoms with Gasteiger partial charge in [0.2, 0.25) is 0 Å². The van der Waals surface area contributed by atoms with Crippen LogP contribution in [-0.2, 0) is 5.88 Å². The predicted octanol–water partition coefficient (Wildman–Crippen LogP) is 2.85. The number of rotatable bonds is 7. The van der Waals surface area contributed by atoms with E-state index in [1.54, 1.807) is 0 Å². The summed E-state index contributed by atoms with van der Waals surface area (Å²) in [5.41, 5.74) is 2.04. The zero-order valence-corrected chi connectivity index (χ0v) is 13.3. The lowest BCUT2D eigenvalue weighted by molar-refractivity contribution is 0.412. The topological polar surface area (TPSA) is 23.8 Å². The Morgan fingerprint density at radius 1 is 1.20 bits per heavy atom. The molecule has 0 radical (unpaired) electrons. The summed E-state index contributed by atoms with van der Waals surface area (Å²) in [4.78, 5) is 9.30. The van der Waals surface area contributed by atoms with Crippen molar-refractivity contribution in [2.75, 3.05) is 38.6 Å². The fourth-order valence-electron chi connectivity index (χ4n) is 2.33. The van der Waals surface area contributed by atoms with Gasteiger partial charge in [-0.2, -0.15) is 0 Å². The van der Waals surface area contributed by atoms with Gasteiger partial charge in [0.1, 0.15) is 5.65 Å². The summed E-state index contributed by atoms with van der Waals surface area (Å²) in [6.45, 7) is 5.17. The van der Waals surface area contributed by atoms with Crippen molar-refractivity contribution in [3.8, 4) is 0 Å². The van der Waals surface area contributed by atoms with Gasteiger partial charge in [-0.1, -0.05) is 13.0 Å². The Kier molecular flexibility index (Phi) is 5.26. The summed E-state index contributed by atoms with van der Waals surface area (Å²) in [5.74, 6) is 1.50. The van der Waals surface area contributed by atoms with E-state index in [0.29, 0.717) is 5.88 Å². The smallest absolute Gasteiger partial charge is 0.152 e. The molecule has 20 heavy (non-hydrogen) atoms. The quantitative estimate of drug-likeness (QED) is 0.734. The number of pyridine rings is 1. The lowest BCUT2D eigenvalue weighted by atomic mass is 10.3. The SMILES string of the molecule is CCCN(CCN(C)C)c1nc2ccccn2c1CCl. The molecule has 0 unspecified atom stereocenters. The van der Waals surface area contributed by atoms with E-state index in [1.807, 2.05) is 24.4 Å². The standard InChI is InChI=1S/C15H23ClN4/c1-4-8-19(11-10-18(2)3)15-13(12-16)20-9-6-5-7-14(20)17-15/h5-7,9H,4,8,10-12H2,1-3H3. The van der Waals surface area contributed by atoms with Crippen LogP contribution in [0.1, 0.15) is 19.0 Å². The zero-order chi connectivity index (χ0) is 14.5. The summed E-state index contributed by atoms with van der Waals surface area (Å²) >= 11 is 6.16. The molecule has 2 rings (SSSR count). The normalized spacial score (nSPS) is 11.4. The summed E-state index contributed by atoms with van der Waals surface area (Å²) in [5, 5.41) is 0. The average molecular weight is 295 g/mol. The molecule has 110 valence electrons. The summed E-state index contributed by atoms with van der Waals surface area (Å²) in [7, 11) is 4.19. The third-order valence-electron chi connectivity index (χ3n) is 3.34. The number of hydrogen-bond donors (Lipinski definition) is 0. The molecule has 0 aliphatic heterocycles. The molecule has 4 nitrogen and oxygen atoms in total. The summed E-state index contributed by atoms with van der Waals surface area (Å²) in [6.07, 6.45) is 3.13. The van der Waals surface area contributed by atoms with Crippen LogP contribution in [0.15, 0.2) is 24.4 Å². The molecule has 2 heterocycles. The molecule has 0 saturated heterocycles. The second kappa shape index (κ2) is 6.95. The van der Waals surface area contributed by atoms with Gasteiger partial charge in [-0.05, 0) is 32.6 Å². The van der Waals surface area contributed by atoms with Gasteiger partial charge in [-0.15, -0.1) is 11.6 Å². The van der Waals surface area contributed by atoms with Gasteiger partial charge in [-0.25, -0.2) is 4.98 Å². The highest BCUT2D eigenvalue weighted by Crippen LogP contribution is 2.23. The number of alkyl halides is 1. The largest absolute Gasteiger partial charge is 0.354 e. The molecule has 0 fully saturated rings. The van der Waals surface area contributed by atoms with Crippen molar-refractivity contribution in [2.45, 2.75) is 19.2 Å². The predicted molar refractivity (Wildman–Crippen MR) is 85.8 cm³/mol. The third kappa shape index (κ3) is 3.25. The molecule has 0 aliphatic carbocycles. The third-order valence-corrected chi connectivity index (χ3v) is 3.60. The molecule has 0 saturated carbocycles. The second-order valence-corrected chi connectivity index (χ2v) is 5.50. The van der Waals surface area contributed by atoms with Crippen LogP contribution in [0.2, 0.25) is 0 Å². The number of fused-ring (bicyclic) bond motifs is 1. The van der Waals surface area contributed by atoms with Gasteiger partial charge in [0.25, 0.3) is 0 Å². The van der Waals surface area contributed by atoms with E-state index in [2.05, 4.69) is 35.2 Å². The minimum Gasteiger partial charge on any atom is -0.354 e. The highest BCUT2D eigenvalue weighted by atomic mass is 35.5. The molecule has 2 aromatic rings. The summed E-state index contributed by atoms with van der Waals surface area (Å²) in [6, 6.07) is 6.04. The van der Waals surface area contributed by atoms with E-state index in [1.165, 1.54) is 0 Å². The van der Waals surface area contributed by atoms with Crippen molar-refractivity contribution in [3.05, 3.63) is 30.1 Å². The van der Waals surface area contributed by atoms with E-state index < -0.39 is 0 Å². The van der Waals surface area contributed by atoms with Crippen molar-refractivity contribution in [3.63, 3.8) is 0 Å². The first-order valence-corrected chi connectivity index (χ1v) is 7.62. The molecule has 0 aliphatic rings.